The third kappa shape index (κ3) is 3.92. The van der Waals surface area contributed by atoms with Crippen LogP contribution in [0, 0.1) is 0 Å². The Bertz CT molecular complexity index is 1000. The van der Waals surface area contributed by atoms with E-state index in [1.165, 1.54) is 11.3 Å². The lowest BCUT2D eigenvalue weighted by atomic mass is 10.2. The molecule has 0 saturated heterocycles. The third-order valence-electron chi connectivity index (χ3n) is 3.62. The van der Waals surface area contributed by atoms with Crippen LogP contribution in [0.15, 0.2) is 57.6 Å². The van der Waals surface area contributed by atoms with Crippen LogP contribution in [-0.2, 0) is 6.54 Å². The van der Waals surface area contributed by atoms with Crippen molar-refractivity contribution in [2.24, 2.45) is 0 Å². The van der Waals surface area contributed by atoms with Gasteiger partial charge in [0.1, 0.15) is 11.3 Å². The third-order valence-corrected chi connectivity index (χ3v) is 4.48. The van der Waals surface area contributed by atoms with E-state index in [2.05, 4.69) is 10.3 Å². The number of rotatable bonds is 6. The van der Waals surface area contributed by atoms with Crippen LogP contribution >= 0.6 is 11.3 Å². The fraction of sp³-hybridized carbons (Fsp3) is 0.167. The number of carbonyl (C=O) groups excluding carboxylic acids is 1. The molecule has 2 heterocycles. The quantitative estimate of drug-likeness (QED) is 0.695. The van der Waals surface area contributed by atoms with Crippen LogP contribution in [0.2, 0.25) is 0 Å². The van der Waals surface area contributed by atoms with Gasteiger partial charge in [-0.05, 0) is 42.6 Å². The number of aromatic amines is 1. The van der Waals surface area contributed by atoms with E-state index in [0.29, 0.717) is 18.0 Å². The van der Waals surface area contributed by atoms with Crippen LogP contribution in [0.4, 0.5) is 5.69 Å². The van der Waals surface area contributed by atoms with E-state index in [1.54, 1.807) is 24.3 Å². The minimum absolute atomic E-state index is 0.121. The summed E-state index contributed by atoms with van der Waals surface area (Å²) in [6.07, 6.45) is 1.14. The van der Waals surface area contributed by atoms with Crippen LogP contribution in [0.3, 0.4) is 0 Å². The molecule has 0 aliphatic carbocycles. The smallest absolute Gasteiger partial charge is 0.328 e. The number of anilines is 1. The van der Waals surface area contributed by atoms with E-state index in [0.717, 1.165) is 15.6 Å². The van der Waals surface area contributed by atoms with Crippen molar-refractivity contribution in [2.75, 3.05) is 11.9 Å². The van der Waals surface area contributed by atoms with E-state index >= 15 is 0 Å². The molecule has 2 aromatic heterocycles. The van der Waals surface area contributed by atoms with Gasteiger partial charge in [-0.25, -0.2) is 4.79 Å². The van der Waals surface area contributed by atoms with Gasteiger partial charge in [0, 0.05) is 16.8 Å². The van der Waals surface area contributed by atoms with E-state index in [9.17, 15) is 14.4 Å². The van der Waals surface area contributed by atoms with Gasteiger partial charge < -0.3 is 15.0 Å². The Labute approximate surface area is 152 Å². The Morgan fingerprint density at radius 2 is 2.00 bits per heavy atom. The number of H-pyrrole nitrogens is 1. The molecule has 1 aromatic carbocycles. The molecule has 2 N–H and O–H groups in total. The molecule has 26 heavy (non-hydrogen) atoms. The second-order valence-electron chi connectivity index (χ2n) is 5.39. The van der Waals surface area contributed by atoms with Gasteiger partial charge in [0.2, 0.25) is 0 Å². The highest BCUT2D eigenvalue weighted by atomic mass is 32.1. The summed E-state index contributed by atoms with van der Waals surface area (Å²) in [4.78, 5) is 40.2. The summed E-state index contributed by atoms with van der Waals surface area (Å²) >= 11 is 1.43. The average Bonchev–Trinajstić information content (AvgIpc) is 3.13. The molecule has 0 aliphatic heterocycles. The highest BCUT2D eigenvalue weighted by Gasteiger charge is 2.15. The minimum Gasteiger partial charge on any atom is -0.494 e. The first kappa shape index (κ1) is 17.7. The normalized spacial score (nSPS) is 10.5. The van der Waals surface area contributed by atoms with Crippen LogP contribution in [0.1, 0.15) is 22.2 Å². The molecule has 3 rings (SSSR count). The molecule has 0 unspecified atom stereocenters. The number of carbonyl (C=O) groups is 1. The van der Waals surface area contributed by atoms with Gasteiger partial charge in [-0.3, -0.25) is 14.2 Å². The maximum absolute atomic E-state index is 12.6. The fourth-order valence-electron chi connectivity index (χ4n) is 2.38. The summed E-state index contributed by atoms with van der Waals surface area (Å²) in [6.45, 7) is 2.55. The Hall–Kier alpha value is -3.13. The van der Waals surface area contributed by atoms with Crippen molar-refractivity contribution in [3.05, 3.63) is 79.3 Å². The SMILES string of the molecule is CCOc1ccc(NC(=O)c2c[nH]c(=O)n(Cc3cccs3)c2=O)cc1. The summed E-state index contributed by atoms with van der Waals surface area (Å²) < 4.78 is 6.36. The van der Waals surface area contributed by atoms with Gasteiger partial charge >= 0.3 is 5.69 Å². The van der Waals surface area contributed by atoms with Crippen molar-refractivity contribution in [3.8, 4) is 5.75 Å². The van der Waals surface area contributed by atoms with Gasteiger partial charge in [0.25, 0.3) is 11.5 Å². The predicted molar refractivity (Wildman–Crippen MR) is 100 cm³/mol. The van der Waals surface area contributed by atoms with Gasteiger partial charge in [0.05, 0.1) is 13.2 Å². The number of nitrogens with zero attached hydrogens (tertiary/aromatic N) is 1. The van der Waals surface area contributed by atoms with Gasteiger partial charge in [0.15, 0.2) is 0 Å². The number of aromatic nitrogens is 2. The molecule has 0 fully saturated rings. The minimum atomic E-state index is -0.634. The lowest BCUT2D eigenvalue weighted by molar-refractivity contribution is 0.102. The molecule has 1 amide bonds. The van der Waals surface area contributed by atoms with Crippen molar-refractivity contribution in [1.82, 2.24) is 9.55 Å². The number of nitrogens with one attached hydrogen (secondary N) is 2. The zero-order valence-corrected chi connectivity index (χ0v) is 14.8. The maximum atomic E-state index is 12.6. The Balaban J connectivity index is 1.83. The zero-order valence-electron chi connectivity index (χ0n) is 14.0. The monoisotopic (exact) mass is 371 g/mol. The molecule has 0 radical (unpaired) electrons. The second kappa shape index (κ2) is 7.83. The van der Waals surface area contributed by atoms with Gasteiger partial charge in [-0.2, -0.15) is 0 Å². The molecule has 0 atom stereocenters. The topological polar surface area (TPSA) is 93.2 Å². The van der Waals surface area contributed by atoms with Crippen LogP contribution < -0.4 is 21.3 Å². The Morgan fingerprint density at radius 3 is 2.65 bits per heavy atom. The summed E-state index contributed by atoms with van der Waals surface area (Å²) in [6, 6.07) is 10.5. The molecular formula is C18H17N3O4S. The lowest BCUT2D eigenvalue weighted by Gasteiger charge is -2.08. The molecule has 0 bridgehead atoms. The summed E-state index contributed by atoms with van der Waals surface area (Å²) in [5, 5.41) is 4.50. The first-order valence-corrected chi connectivity index (χ1v) is 8.85. The summed E-state index contributed by atoms with van der Waals surface area (Å²) in [5.41, 5.74) is -0.796. The average molecular weight is 371 g/mol. The van der Waals surface area contributed by atoms with Crippen molar-refractivity contribution < 1.29 is 9.53 Å². The Kier molecular flexibility index (Phi) is 5.33. The summed E-state index contributed by atoms with van der Waals surface area (Å²) in [7, 11) is 0. The number of thiophene rings is 1. The highest BCUT2D eigenvalue weighted by Crippen LogP contribution is 2.16. The predicted octanol–water partition coefficient (Wildman–Crippen LogP) is 2.30. The molecule has 0 spiro atoms. The van der Waals surface area contributed by atoms with Gasteiger partial charge in [-0.1, -0.05) is 6.07 Å². The molecule has 7 nitrogen and oxygen atoms in total. The van der Waals surface area contributed by atoms with Crippen LogP contribution in [0.25, 0.3) is 0 Å². The largest absolute Gasteiger partial charge is 0.494 e. The molecule has 0 saturated carbocycles. The fourth-order valence-corrected chi connectivity index (χ4v) is 3.07. The maximum Gasteiger partial charge on any atom is 0.328 e. The molecule has 8 heteroatoms. The summed E-state index contributed by atoms with van der Waals surface area (Å²) in [5.74, 6) is 0.100. The van der Waals surface area contributed by atoms with Crippen molar-refractivity contribution >= 4 is 22.9 Å². The Morgan fingerprint density at radius 1 is 1.23 bits per heavy atom. The molecule has 134 valence electrons. The van der Waals surface area contributed by atoms with Crippen molar-refractivity contribution in [2.45, 2.75) is 13.5 Å². The number of hydrogen-bond acceptors (Lipinski definition) is 5. The molecular weight excluding hydrogens is 354 g/mol. The van der Waals surface area contributed by atoms with Crippen LogP contribution in [0.5, 0.6) is 5.75 Å². The number of hydrogen-bond donors (Lipinski definition) is 2. The number of ether oxygens (including phenoxy) is 1. The number of amides is 1. The molecule has 3 aromatic rings. The number of benzene rings is 1. The standard InChI is InChI=1S/C18H17N3O4S/c1-2-25-13-7-5-12(6-8-13)20-16(22)15-10-19-18(24)21(17(15)23)11-14-4-3-9-26-14/h3-10H,2,11H2,1H3,(H,19,24)(H,20,22). The van der Waals surface area contributed by atoms with Crippen molar-refractivity contribution in [1.29, 1.82) is 0 Å². The van der Waals surface area contributed by atoms with Crippen LogP contribution in [-0.4, -0.2) is 22.1 Å². The first-order valence-electron chi connectivity index (χ1n) is 7.97. The van der Waals surface area contributed by atoms with E-state index in [4.69, 9.17) is 4.74 Å². The van der Waals surface area contributed by atoms with E-state index in [-0.39, 0.29) is 12.1 Å². The first-order chi connectivity index (χ1) is 12.6. The van der Waals surface area contributed by atoms with E-state index in [1.807, 2.05) is 24.4 Å². The highest BCUT2D eigenvalue weighted by molar-refractivity contribution is 7.09. The lowest BCUT2D eigenvalue weighted by Crippen LogP contribution is -2.39. The van der Waals surface area contributed by atoms with Gasteiger partial charge in [-0.15, -0.1) is 11.3 Å². The zero-order chi connectivity index (χ0) is 18.5. The van der Waals surface area contributed by atoms with E-state index < -0.39 is 17.2 Å². The molecule has 0 aliphatic rings. The van der Waals surface area contributed by atoms with Crippen molar-refractivity contribution in [3.63, 3.8) is 0 Å². The second-order valence-corrected chi connectivity index (χ2v) is 6.42.